The second-order valence-corrected chi connectivity index (χ2v) is 18.3. The molecule has 9 N–H and O–H groups in total. The molecule has 9 atom stereocenters. The molecular weight excluding hydrogens is 773 g/mol. The molecule has 2 fully saturated rings. The van der Waals surface area contributed by atoms with Gasteiger partial charge in [0.15, 0.2) is 11.6 Å². The highest BCUT2D eigenvalue weighted by Crippen LogP contribution is 2.58. The van der Waals surface area contributed by atoms with E-state index in [1.165, 1.54) is 39.8 Å². The predicted molar refractivity (Wildman–Crippen MR) is 213 cm³/mol. The summed E-state index contributed by atoms with van der Waals surface area (Å²) in [5, 5.41) is 84.7. The maximum absolute atomic E-state index is 15.5. The quantitative estimate of drug-likeness (QED) is 0.184. The number of ketones is 2. The number of fused-ring (bicyclic) bond motifs is 3. The van der Waals surface area contributed by atoms with Crippen LogP contribution in [0.1, 0.15) is 63.9 Å². The zero-order valence-corrected chi connectivity index (χ0v) is 32.8. The number of Topliss-reactive ketones (excluding diaryl/α,β-unsaturated/α-hetero) is 2. The first-order valence-corrected chi connectivity index (χ1v) is 21.7. The van der Waals surface area contributed by atoms with E-state index in [0.29, 0.717) is 48.6 Å². The lowest BCUT2D eigenvalue weighted by Gasteiger charge is -2.59. The number of rotatable bonds is 7. The molecule has 57 heavy (non-hydrogen) atoms. The van der Waals surface area contributed by atoms with Gasteiger partial charge in [0.1, 0.15) is 40.3 Å². The summed E-state index contributed by atoms with van der Waals surface area (Å²) in [6.45, 7) is -0.551. The van der Waals surface area contributed by atoms with Gasteiger partial charge in [0.2, 0.25) is 6.29 Å². The van der Waals surface area contributed by atoms with Crippen molar-refractivity contribution >= 4 is 33.2 Å². The third-order valence-electron chi connectivity index (χ3n) is 12.6. The number of aliphatic hydroxyl groups excluding tert-OH is 6. The normalized spacial score (nSPS) is 34.8. The Morgan fingerprint density at radius 1 is 1.00 bits per heavy atom. The number of carbonyl (C=O) groups is 2. The third kappa shape index (κ3) is 6.65. The Morgan fingerprint density at radius 2 is 1.81 bits per heavy atom. The van der Waals surface area contributed by atoms with Crippen molar-refractivity contribution in [1.82, 2.24) is 10.6 Å². The first-order chi connectivity index (χ1) is 27.5. The number of carbonyl (C=O) groups excluding carboxylic acids is 2. The van der Waals surface area contributed by atoms with E-state index in [4.69, 9.17) is 9.47 Å². The van der Waals surface area contributed by atoms with E-state index in [-0.39, 0.29) is 55.1 Å². The number of ether oxygens (including phenoxy) is 2. The highest BCUT2D eigenvalue weighted by Gasteiger charge is 2.68. The van der Waals surface area contributed by atoms with Crippen molar-refractivity contribution in [2.24, 2.45) is 17.3 Å². The molecule has 3 heterocycles. The molecule has 304 valence electrons. The summed E-state index contributed by atoms with van der Waals surface area (Å²) in [6, 6.07) is 11.9. The van der Waals surface area contributed by atoms with Crippen LogP contribution in [0.15, 0.2) is 89.5 Å². The van der Waals surface area contributed by atoms with E-state index in [9.17, 15) is 40.5 Å². The van der Waals surface area contributed by atoms with E-state index < -0.39 is 70.4 Å². The molecule has 0 amide bonds. The Hall–Kier alpha value is -3.64. The number of nitrogens with one attached hydrogen (secondary N) is 2. The van der Waals surface area contributed by atoms with Crippen LogP contribution in [-0.2, 0) is 17.8 Å². The van der Waals surface area contributed by atoms with Gasteiger partial charge < -0.3 is 55.9 Å². The second-order valence-electron chi connectivity index (χ2n) is 15.8. The lowest BCUT2D eigenvalue weighted by atomic mass is 9.57. The van der Waals surface area contributed by atoms with Crippen LogP contribution in [0.5, 0.6) is 5.75 Å². The summed E-state index contributed by atoms with van der Waals surface area (Å²) in [7, 11) is 2.75. The average molecular weight is 821 g/mol. The minimum atomic E-state index is -2.20. The van der Waals surface area contributed by atoms with Crippen LogP contribution in [0.2, 0.25) is 0 Å². The van der Waals surface area contributed by atoms with Crippen molar-refractivity contribution in [2.45, 2.75) is 80.1 Å². The SMILES string of the molecule is O=C1c2cccc3c2C(=O)[C@@]2(C(O)=CC(Cc4cccc(CO)c4)=C[C@H]12)[C@H](CCCO)SSCNC1=CC(=CCN1)C[C@@H]1CC[C@]2(CO)O[C@@H](O3)[C@H](O)[C@@]1(O)[C@@H]2O. The lowest BCUT2D eigenvalue weighted by molar-refractivity contribution is -0.376. The number of aliphatic hydroxyl groups is 7. The number of dihydropyridines is 1. The van der Waals surface area contributed by atoms with Gasteiger partial charge in [-0.1, -0.05) is 70.1 Å². The van der Waals surface area contributed by atoms with Crippen LogP contribution in [0.25, 0.3) is 0 Å². The van der Waals surface area contributed by atoms with Crippen LogP contribution in [0, 0.1) is 17.3 Å². The van der Waals surface area contributed by atoms with Crippen molar-refractivity contribution in [1.29, 1.82) is 0 Å². The number of benzene rings is 2. The van der Waals surface area contributed by atoms with Gasteiger partial charge in [0, 0.05) is 24.0 Å². The van der Waals surface area contributed by atoms with Gasteiger partial charge in [-0.3, -0.25) is 9.59 Å². The molecule has 2 aromatic carbocycles. The van der Waals surface area contributed by atoms with E-state index in [0.717, 1.165) is 11.1 Å². The van der Waals surface area contributed by atoms with Gasteiger partial charge >= 0.3 is 0 Å². The molecule has 0 unspecified atom stereocenters. The molecule has 8 rings (SSSR count). The molecule has 1 saturated carbocycles. The number of hydrogen-bond donors (Lipinski definition) is 9. The Labute approximate surface area is 337 Å². The van der Waals surface area contributed by atoms with Gasteiger partial charge in [-0.15, -0.1) is 0 Å². The molecule has 0 radical (unpaired) electrons. The van der Waals surface area contributed by atoms with Gasteiger partial charge in [0.25, 0.3) is 0 Å². The van der Waals surface area contributed by atoms with Crippen LogP contribution < -0.4 is 15.4 Å². The minimum absolute atomic E-state index is 0.0390. The van der Waals surface area contributed by atoms with Gasteiger partial charge in [0.05, 0.1) is 36.4 Å². The van der Waals surface area contributed by atoms with E-state index in [1.54, 1.807) is 18.2 Å². The summed E-state index contributed by atoms with van der Waals surface area (Å²) in [4.78, 5) is 30.5. The van der Waals surface area contributed by atoms with Gasteiger partial charge in [-0.2, -0.15) is 0 Å². The summed E-state index contributed by atoms with van der Waals surface area (Å²) < 4.78 is 12.6. The largest absolute Gasteiger partial charge is 0.511 e. The topological polar surface area (TPSA) is 218 Å². The fourth-order valence-corrected chi connectivity index (χ4v) is 12.5. The molecule has 3 aliphatic heterocycles. The number of hydrogen-bond acceptors (Lipinski definition) is 15. The van der Waals surface area contributed by atoms with Crippen molar-refractivity contribution < 1.29 is 54.8 Å². The minimum Gasteiger partial charge on any atom is -0.511 e. The van der Waals surface area contributed by atoms with Gasteiger partial charge in [-0.25, -0.2) is 0 Å². The first-order valence-electron chi connectivity index (χ1n) is 19.3. The first kappa shape index (κ1) is 40.2. The van der Waals surface area contributed by atoms with Gasteiger partial charge in [-0.05, 0) is 84.9 Å². The Balaban J connectivity index is 1.28. The Kier molecular flexibility index (Phi) is 11.2. The lowest BCUT2D eigenvalue weighted by Crippen LogP contribution is -2.77. The van der Waals surface area contributed by atoms with Crippen LogP contribution >= 0.6 is 21.6 Å². The summed E-state index contributed by atoms with van der Waals surface area (Å²) in [5.41, 5.74) is -2.82. The van der Waals surface area contributed by atoms with Crippen LogP contribution in [-0.4, -0.2) is 108 Å². The predicted octanol–water partition coefficient (Wildman–Crippen LogP) is 2.96. The van der Waals surface area contributed by atoms with E-state index in [2.05, 4.69) is 10.6 Å². The standard InChI is InChI=1S/C42H48N2O11S2/c45-13-3-8-32-41-29(17-26(18-31(41)48)15-23-4-1-5-25(14-23)20-46)35(49)28-6-2-7-30(34(28)36(41)50)54-38-37(51)42(53)27(9-11-40(21-47,55-38)39(42)52)16-24-10-12-43-33(19-24)44-22-56-57-32/h1-2,4-7,10,14,17-19,27,29,32,37-39,43-48,51-53H,3,8-9,11-13,15-16,20-22H2/t27-,29+,32-,37-,38+,39+,40+,41-,42+/m0/s1. The van der Waals surface area contributed by atoms with Crippen LogP contribution in [0.4, 0.5) is 0 Å². The molecule has 0 aromatic heterocycles. The zero-order chi connectivity index (χ0) is 40.1. The summed E-state index contributed by atoms with van der Waals surface area (Å²) in [6.07, 6.45) is 3.51. The summed E-state index contributed by atoms with van der Waals surface area (Å²) in [5.74, 6) is -2.25. The van der Waals surface area contributed by atoms with Crippen molar-refractivity contribution in [3.8, 4) is 5.75 Å². The highest BCUT2D eigenvalue weighted by atomic mass is 33.1. The van der Waals surface area contributed by atoms with Crippen LogP contribution in [0.3, 0.4) is 0 Å². The molecular formula is C42H48N2O11S2. The molecule has 1 saturated heterocycles. The van der Waals surface area contributed by atoms with E-state index in [1.807, 2.05) is 30.4 Å². The van der Waals surface area contributed by atoms with Crippen molar-refractivity contribution in [2.75, 3.05) is 25.6 Å². The fourth-order valence-electron chi connectivity index (χ4n) is 9.66. The Morgan fingerprint density at radius 3 is 2.60 bits per heavy atom. The molecule has 13 nitrogen and oxygen atoms in total. The highest BCUT2D eigenvalue weighted by molar-refractivity contribution is 8.76. The molecule has 2 aromatic rings. The average Bonchev–Trinajstić information content (AvgIpc) is 3.21. The molecule has 1 spiro atoms. The molecule has 3 aliphatic carbocycles. The second kappa shape index (κ2) is 15.8. The van der Waals surface area contributed by atoms with E-state index >= 15 is 4.79 Å². The maximum Gasteiger partial charge on any atom is 0.229 e. The summed E-state index contributed by atoms with van der Waals surface area (Å²) >= 11 is 0. The Bertz CT molecular complexity index is 2050. The fraction of sp³-hybridized carbons (Fsp3) is 0.476. The maximum atomic E-state index is 15.5. The molecule has 7 bridgehead atoms. The van der Waals surface area contributed by atoms with Crippen molar-refractivity contribution in [3.63, 3.8) is 0 Å². The third-order valence-corrected chi connectivity index (χ3v) is 15.3. The smallest absolute Gasteiger partial charge is 0.229 e. The monoisotopic (exact) mass is 820 g/mol. The zero-order valence-electron chi connectivity index (χ0n) is 31.2. The molecule has 6 aliphatic rings. The van der Waals surface area contributed by atoms with Crippen molar-refractivity contribution in [3.05, 3.63) is 112 Å². The molecule has 15 heteroatoms. The number of allylic oxidation sites excluding steroid dienone is 6.